The Labute approximate surface area is 145 Å². The molecule has 1 unspecified atom stereocenters. The fourth-order valence-corrected chi connectivity index (χ4v) is 2.20. The molecule has 9 nitrogen and oxygen atoms in total. The molecule has 5 N–H and O–H groups in total. The maximum atomic E-state index is 11.1. The normalized spacial score (nSPS) is 14.1. The van der Waals surface area contributed by atoms with Crippen LogP contribution in [-0.2, 0) is 18.9 Å². The fourth-order valence-electron chi connectivity index (χ4n) is 1.21. The number of carboxylic acid groups (broad SMARTS) is 3. The van der Waals surface area contributed by atoms with Gasteiger partial charge in [0, 0.05) is 6.42 Å². The van der Waals surface area contributed by atoms with E-state index in [2.05, 4.69) is 0 Å². The van der Waals surface area contributed by atoms with Crippen molar-refractivity contribution in [1.29, 1.82) is 0 Å². The van der Waals surface area contributed by atoms with Crippen molar-refractivity contribution in [3.05, 3.63) is 0 Å². The molecular weight excluding hydrogens is 298 g/mol. The molecule has 0 bridgehead atoms. The average molecular weight is 310 g/mol. The van der Waals surface area contributed by atoms with E-state index in [-0.39, 0.29) is 52.8 Å². The van der Waals surface area contributed by atoms with E-state index < -0.39 is 49.9 Å². The largest absolute Gasteiger partial charge is 1.00 e. The number of aliphatic carboxylic acids is 3. The fraction of sp³-hybridized carbons (Fsp3) is 0.571. The zero-order chi connectivity index (χ0) is 13.9. The van der Waals surface area contributed by atoms with E-state index in [0.717, 1.165) is 0 Å². The van der Waals surface area contributed by atoms with E-state index in [1.807, 2.05) is 0 Å². The molecule has 0 rings (SSSR count). The van der Waals surface area contributed by atoms with Gasteiger partial charge in [-0.2, -0.15) is 0 Å². The van der Waals surface area contributed by atoms with Crippen LogP contribution in [0.3, 0.4) is 0 Å². The standard InChI is InChI=1S/C7H11O9P.K.H/c8-4(9)1-2-7(6(12)13,3-5(10)11)17(14,15)16;;/h1-3H2,(H,8,9)(H,10,11)(H,12,13)(H2,14,15,16);;/q;+1;-1. The van der Waals surface area contributed by atoms with Gasteiger partial charge in [-0.25, -0.2) is 0 Å². The second kappa shape index (κ2) is 7.70. The molecule has 0 amide bonds. The molecule has 0 saturated heterocycles. The summed E-state index contributed by atoms with van der Waals surface area (Å²) in [5.41, 5.74) is 0. The molecule has 0 aliphatic rings. The molecule has 1 atom stereocenters. The molecule has 0 aromatic heterocycles. The van der Waals surface area contributed by atoms with E-state index in [0.29, 0.717) is 0 Å². The third kappa shape index (κ3) is 5.45. The first-order valence-electron chi connectivity index (χ1n) is 4.25. The Kier molecular flexibility index (Phi) is 8.78. The maximum Gasteiger partial charge on any atom is 1.00 e. The van der Waals surface area contributed by atoms with Crippen LogP contribution in [0.1, 0.15) is 20.7 Å². The quantitative estimate of drug-likeness (QED) is 0.236. The Morgan fingerprint density at radius 3 is 1.72 bits per heavy atom. The first kappa shape index (κ1) is 20.5. The molecular formula is C7H12KO9P. The number of hydrogen-bond acceptors (Lipinski definition) is 4. The molecule has 0 aromatic carbocycles. The zero-order valence-electron chi connectivity index (χ0n) is 10.4. The molecule has 18 heavy (non-hydrogen) atoms. The SMILES string of the molecule is O=C(O)CCC(CC(=O)O)(C(=O)O)P(=O)(O)O.[H-].[K+]. The number of hydrogen-bond donors (Lipinski definition) is 5. The second-order valence-corrected chi connectivity index (χ2v) is 5.29. The number of carbonyl (C=O) groups is 3. The minimum atomic E-state index is -5.32. The molecule has 0 aromatic rings. The van der Waals surface area contributed by atoms with E-state index in [1.54, 1.807) is 0 Å². The van der Waals surface area contributed by atoms with E-state index in [4.69, 9.17) is 25.1 Å². The summed E-state index contributed by atoms with van der Waals surface area (Å²) in [7, 11) is -5.32. The Morgan fingerprint density at radius 2 is 1.50 bits per heavy atom. The Balaban J connectivity index is -0.00000128. The van der Waals surface area contributed by atoms with Gasteiger partial charge in [0.1, 0.15) is 0 Å². The summed E-state index contributed by atoms with van der Waals surface area (Å²) < 4.78 is 11.1. The summed E-state index contributed by atoms with van der Waals surface area (Å²) in [4.78, 5) is 49.5. The summed E-state index contributed by atoms with van der Waals surface area (Å²) >= 11 is 0. The van der Waals surface area contributed by atoms with Gasteiger partial charge < -0.3 is 26.5 Å². The Morgan fingerprint density at radius 1 is 1.06 bits per heavy atom. The minimum absolute atomic E-state index is 0. The molecule has 0 saturated carbocycles. The first-order chi connectivity index (χ1) is 7.53. The van der Waals surface area contributed by atoms with E-state index in [9.17, 15) is 18.9 Å². The third-order valence-electron chi connectivity index (χ3n) is 2.15. The first-order valence-corrected chi connectivity index (χ1v) is 5.87. The average Bonchev–Trinajstić information content (AvgIpc) is 2.08. The predicted molar refractivity (Wildman–Crippen MR) is 52.6 cm³/mol. The molecule has 0 heterocycles. The topological polar surface area (TPSA) is 169 Å². The molecule has 0 spiro atoms. The van der Waals surface area contributed by atoms with E-state index in [1.165, 1.54) is 0 Å². The van der Waals surface area contributed by atoms with Crippen LogP contribution < -0.4 is 51.4 Å². The summed E-state index contributed by atoms with van der Waals surface area (Å²) in [6, 6.07) is 0. The predicted octanol–water partition coefficient (Wildman–Crippen LogP) is -3.56. The number of rotatable bonds is 7. The van der Waals surface area contributed by atoms with Gasteiger partial charge in [0.05, 0.1) is 6.42 Å². The van der Waals surface area contributed by atoms with Crippen LogP contribution in [0.5, 0.6) is 0 Å². The third-order valence-corrected chi connectivity index (χ3v) is 3.84. The summed E-state index contributed by atoms with van der Waals surface area (Å²) in [6.45, 7) is 0. The molecule has 0 aliphatic heterocycles. The van der Waals surface area contributed by atoms with Gasteiger partial charge in [-0.05, 0) is 6.42 Å². The monoisotopic (exact) mass is 310 g/mol. The van der Waals surface area contributed by atoms with Crippen LogP contribution in [-0.4, -0.2) is 48.2 Å². The van der Waals surface area contributed by atoms with Gasteiger partial charge in [0.2, 0.25) is 0 Å². The van der Waals surface area contributed by atoms with Crippen LogP contribution in [0.25, 0.3) is 0 Å². The maximum absolute atomic E-state index is 11.1. The van der Waals surface area contributed by atoms with Crippen LogP contribution in [0.2, 0.25) is 0 Å². The van der Waals surface area contributed by atoms with Crippen LogP contribution in [0.4, 0.5) is 0 Å². The van der Waals surface area contributed by atoms with Crippen molar-refractivity contribution in [3.63, 3.8) is 0 Å². The second-order valence-electron chi connectivity index (χ2n) is 3.35. The van der Waals surface area contributed by atoms with Crippen LogP contribution in [0, 0.1) is 0 Å². The van der Waals surface area contributed by atoms with Crippen molar-refractivity contribution < 1.29 is 96.9 Å². The van der Waals surface area contributed by atoms with Crippen molar-refractivity contribution in [2.45, 2.75) is 24.4 Å². The van der Waals surface area contributed by atoms with Gasteiger partial charge >= 0.3 is 76.9 Å². The van der Waals surface area contributed by atoms with Gasteiger partial charge in [-0.15, -0.1) is 0 Å². The van der Waals surface area contributed by atoms with Crippen molar-refractivity contribution in [2.75, 3.05) is 0 Å². The van der Waals surface area contributed by atoms with Crippen molar-refractivity contribution in [3.8, 4) is 0 Å². The summed E-state index contributed by atoms with van der Waals surface area (Å²) in [5, 5.41) is 22.7. The smallest absolute Gasteiger partial charge is 1.00 e. The van der Waals surface area contributed by atoms with Crippen molar-refractivity contribution in [1.82, 2.24) is 0 Å². The molecule has 100 valence electrons. The molecule has 0 fully saturated rings. The summed E-state index contributed by atoms with van der Waals surface area (Å²) in [6.07, 6.45) is -3.17. The summed E-state index contributed by atoms with van der Waals surface area (Å²) in [5.74, 6) is -5.25. The molecule has 0 aliphatic carbocycles. The Hall–Kier alpha value is 0.196. The number of carboxylic acids is 3. The zero-order valence-corrected chi connectivity index (χ0v) is 13.5. The van der Waals surface area contributed by atoms with Gasteiger partial charge in [-0.1, -0.05) is 0 Å². The van der Waals surface area contributed by atoms with Crippen LogP contribution in [0.15, 0.2) is 0 Å². The van der Waals surface area contributed by atoms with Gasteiger partial charge in [0.25, 0.3) is 0 Å². The minimum Gasteiger partial charge on any atom is -1.00 e. The van der Waals surface area contributed by atoms with Crippen molar-refractivity contribution in [2.24, 2.45) is 0 Å². The van der Waals surface area contributed by atoms with Crippen LogP contribution >= 0.6 is 7.60 Å². The van der Waals surface area contributed by atoms with Gasteiger partial charge in [0.15, 0.2) is 5.16 Å². The molecule has 11 heteroatoms. The Bertz CT molecular complexity index is 394. The molecule has 0 radical (unpaired) electrons. The van der Waals surface area contributed by atoms with Gasteiger partial charge in [-0.3, -0.25) is 18.9 Å². The van der Waals surface area contributed by atoms with Crippen molar-refractivity contribution >= 4 is 25.5 Å². The van der Waals surface area contributed by atoms with E-state index >= 15 is 0 Å².